The first-order chi connectivity index (χ1) is 7.27. The Morgan fingerprint density at radius 3 is 3.13 bits per heavy atom. The predicted octanol–water partition coefficient (Wildman–Crippen LogP) is 0.550. The number of thiazole rings is 1. The third-order valence-corrected chi connectivity index (χ3v) is 2.03. The molecule has 0 bridgehead atoms. The van der Waals surface area contributed by atoms with Gasteiger partial charge in [0.2, 0.25) is 6.79 Å². The number of nitrogen functional groups attached to an aromatic ring is 1. The molecule has 0 unspecified atom stereocenters. The van der Waals surface area contributed by atoms with Crippen LogP contribution >= 0.6 is 11.3 Å². The van der Waals surface area contributed by atoms with Crippen molar-refractivity contribution in [2.75, 3.05) is 19.1 Å². The van der Waals surface area contributed by atoms with Gasteiger partial charge in [-0.25, -0.2) is 4.98 Å². The van der Waals surface area contributed by atoms with Gasteiger partial charge in [0, 0.05) is 12.0 Å². The summed E-state index contributed by atoms with van der Waals surface area (Å²) in [5, 5.41) is 5.48. The van der Waals surface area contributed by atoms with Crippen LogP contribution < -0.4 is 5.73 Å². The van der Waals surface area contributed by atoms with E-state index in [0.717, 1.165) is 0 Å². The summed E-state index contributed by atoms with van der Waals surface area (Å²) < 4.78 is 4.87. The maximum absolute atomic E-state index is 10.5. The number of carbonyl (C=O) groups excluding carboxylic acids is 1. The lowest BCUT2D eigenvalue weighted by Crippen LogP contribution is -2.05. The van der Waals surface area contributed by atoms with Crippen LogP contribution in [-0.2, 0) is 14.4 Å². The first-order valence-corrected chi connectivity index (χ1v) is 5.03. The Hall–Kier alpha value is -1.47. The van der Waals surface area contributed by atoms with Gasteiger partial charge >= 0.3 is 0 Å². The zero-order valence-corrected chi connectivity index (χ0v) is 8.91. The molecule has 0 aromatic carbocycles. The van der Waals surface area contributed by atoms with Crippen LogP contribution in [0.5, 0.6) is 0 Å². The van der Waals surface area contributed by atoms with Crippen molar-refractivity contribution in [3.63, 3.8) is 0 Å². The maximum atomic E-state index is 10.5. The number of aromatic nitrogens is 1. The minimum Gasteiger partial charge on any atom is -0.375 e. The third-order valence-electron chi connectivity index (χ3n) is 1.36. The standard InChI is InChI=1S/C8H10N3O3S/c1-2-13-5-14-11-6(3-12)7-4-15-8(9)10-7/h4H,2,5H2,1H3,(H2,9,10)/b11-6+. The van der Waals surface area contributed by atoms with E-state index in [1.165, 1.54) is 11.3 Å². The zero-order chi connectivity index (χ0) is 11.1. The van der Waals surface area contributed by atoms with E-state index in [1.807, 2.05) is 6.92 Å². The first-order valence-electron chi connectivity index (χ1n) is 4.15. The Bertz CT molecular complexity index is 351. The number of nitrogens with zero attached hydrogens (tertiary/aromatic N) is 2. The molecule has 1 aromatic rings. The van der Waals surface area contributed by atoms with Crippen LogP contribution in [0.3, 0.4) is 0 Å². The molecule has 0 saturated carbocycles. The molecule has 0 atom stereocenters. The van der Waals surface area contributed by atoms with Gasteiger partial charge in [-0.3, -0.25) is 4.79 Å². The van der Waals surface area contributed by atoms with E-state index in [9.17, 15) is 4.79 Å². The van der Waals surface area contributed by atoms with Crippen LogP contribution in [0.25, 0.3) is 0 Å². The monoisotopic (exact) mass is 228 g/mol. The van der Waals surface area contributed by atoms with Crippen molar-refractivity contribution in [1.82, 2.24) is 4.98 Å². The van der Waals surface area contributed by atoms with Crippen LogP contribution in [0.1, 0.15) is 12.6 Å². The van der Waals surface area contributed by atoms with Crippen LogP contribution in [0.2, 0.25) is 0 Å². The van der Waals surface area contributed by atoms with E-state index in [2.05, 4.69) is 10.1 Å². The summed E-state index contributed by atoms with van der Waals surface area (Å²) in [5.74, 6) is 0. The average molecular weight is 228 g/mol. The van der Waals surface area contributed by atoms with Crippen LogP contribution in [0.4, 0.5) is 5.13 Å². The largest absolute Gasteiger partial charge is 0.375 e. The highest BCUT2D eigenvalue weighted by molar-refractivity contribution is 7.13. The minimum absolute atomic E-state index is 0.0126. The highest BCUT2D eigenvalue weighted by Crippen LogP contribution is 2.11. The van der Waals surface area contributed by atoms with Crippen molar-refractivity contribution >= 4 is 28.5 Å². The molecule has 1 aromatic heterocycles. The Labute approximate surface area is 90.7 Å². The molecule has 6 nitrogen and oxygen atoms in total. The van der Waals surface area contributed by atoms with Crippen LogP contribution in [0.15, 0.2) is 10.5 Å². The highest BCUT2D eigenvalue weighted by atomic mass is 32.1. The van der Waals surface area contributed by atoms with E-state index in [-0.39, 0.29) is 12.5 Å². The number of nitrogens with two attached hydrogens (primary N) is 1. The second-order valence-corrected chi connectivity index (χ2v) is 3.24. The van der Waals surface area contributed by atoms with Crippen molar-refractivity contribution in [1.29, 1.82) is 0 Å². The molecule has 0 spiro atoms. The van der Waals surface area contributed by atoms with E-state index >= 15 is 0 Å². The Morgan fingerprint density at radius 1 is 1.80 bits per heavy atom. The van der Waals surface area contributed by atoms with Gasteiger partial charge in [0.1, 0.15) is 5.69 Å². The lowest BCUT2D eigenvalue weighted by Gasteiger charge is -1.98. The van der Waals surface area contributed by atoms with Crippen molar-refractivity contribution in [2.24, 2.45) is 5.16 Å². The fourth-order valence-corrected chi connectivity index (χ4v) is 1.27. The van der Waals surface area contributed by atoms with E-state index in [4.69, 9.17) is 15.3 Å². The van der Waals surface area contributed by atoms with Gasteiger partial charge in [-0.1, -0.05) is 5.16 Å². The highest BCUT2D eigenvalue weighted by Gasteiger charge is 2.08. The fraction of sp³-hybridized carbons (Fsp3) is 0.375. The molecule has 0 fully saturated rings. The fourth-order valence-electron chi connectivity index (χ4n) is 0.726. The van der Waals surface area contributed by atoms with Gasteiger partial charge in [0.15, 0.2) is 10.8 Å². The van der Waals surface area contributed by atoms with Gasteiger partial charge < -0.3 is 15.3 Å². The zero-order valence-electron chi connectivity index (χ0n) is 8.10. The third kappa shape index (κ3) is 3.64. The predicted molar refractivity (Wildman–Crippen MR) is 56.3 cm³/mol. The normalized spacial score (nSPS) is 11.4. The smallest absolute Gasteiger partial charge is 0.259 e. The molecule has 1 radical (unpaired) electrons. The molecule has 2 N–H and O–H groups in total. The van der Waals surface area contributed by atoms with Crippen LogP contribution in [-0.4, -0.2) is 30.4 Å². The van der Waals surface area contributed by atoms with Gasteiger partial charge in [-0.05, 0) is 6.92 Å². The lowest BCUT2D eigenvalue weighted by atomic mass is 10.3. The summed E-state index contributed by atoms with van der Waals surface area (Å²) in [5.41, 5.74) is 5.73. The summed E-state index contributed by atoms with van der Waals surface area (Å²) in [4.78, 5) is 19.1. The summed E-state index contributed by atoms with van der Waals surface area (Å²) in [6, 6.07) is 0. The molecular weight excluding hydrogens is 218 g/mol. The SMILES string of the molecule is CCOCO/N=C(\[C]=O)c1csc(N)n1. The maximum Gasteiger partial charge on any atom is 0.259 e. The quantitative estimate of drug-likeness (QED) is 0.332. The van der Waals surface area contributed by atoms with Gasteiger partial charge in [-0.15, -0.1) is 11.3 Å². The topological polar surface area (TPSA) is 86.8 Å². The average Bonchev–Trinajstić information content (AvgIpc) is 2.65. The number of hydrogen-bond acceptors (Lipinski definition) is 7. The van der Waals surface area contributed by atoms with Gasteiger partial charge in [-0.2, -0.15) is 0 Å². The molecule has 0 amide bonds. The number of rotatable bonds is 6. The molecule has 0 saturated heterocycles. The number of ether oxygens (including phenoxy) is 1. The summed E-state index contributed by atoms with van der Waals surface area (Å²) in [7, 11) is 0. The molecule has 15 heavy (non-hydrogen) atoms. The number of oxime groups is 1. The summed E-state index contributed by atoms with van der Waals surface area (Å²) >= 11 is 1.21. The molecule has 0 aliphatic heterocycles. The second-order valence-electron chi connectivity index (χ2n) is 2.35. The molecule has 7 heteroatoms. The molecule has 1 rings (SSSR count). The van der Waals surface area contributed by atoms with Gasteiger partial charge in [0.25, 0.3) is 6.29 Å². The lowest BCUT2D eigenvalue weighted by molar-refractivity contribution is -0.0472. The van der Waals surface area contributed by atoms with E-state index < -0.39 is 0 Å². The first kappa shape index (κ1) is 11.6. The summed E-state index contributed by atoms with van der Waals surface area (Å²) in [6.45, 7) is 2.32. The van der Waals surface area contributed by atoms with Crippen molar-refractivity contribution in [3.8, 4) is 0 Å². The van der Waals surface area contributed by atoms with Crippen molar-refractivity contribution in [3.05, 3.63) is 11.1 Å². The molecule has 0 aliphatic rings. The van der Waals surface area contributed by atoms with E-state index in [0.29, 0.717) is 17.4 Å². The Morgan fingerprint density at radius 2 is 2.60 bits per heavy atom. The van der Waals surface area contributed by atoms with Crippen molar-refractivity contribution in [2.45, 2.75) is 6.92 Å². The number of anilines is 1. The molecular formula is C8H10N3O3S. The molecule has 1 heterocycles. The van der Waals surface area contributed by atoms with Crippen molar-refractivity contribution < 1.29 is 14.4 Å². The second kappa shape index (κ2) is 6.10. The number of hydrogen-bond donors (Lipinski definition) is 1. The minimum atomic E-state index is -0.0253. The Balaban J connectivity index is 2.59. The molecule has 81 valence electrons. The summed E-state index contributed by atoms with van der Waals surface area (Å²) in [6.07, 6.45) is 1.62. The Kier molecular flexibility index (Phi) is 4.72. The van der Waals surface area contributed by atoms with Crippen LogP contribution in [0, 0.1) is 0 Å². The van der Waals surface area contributed by atoms with E-state index in [1.54, 1.807) is 11.7 Å². The molecule has 0 aliphatic carbocycles. The van der Waals surface area contributed by atoms with Gasteiger partial charge in [0.05, 0.1) is 0 Å².